The summed E-state index contributed by atoms with van der Waals surface area (Å²) in [6.07, 6.45) is 1.42. The highest BCUT2D eigenvalue weighted by Gasteiger charge is 2.37. The van der Waals surface area contributed by atoms with Gasteiger partial charge in [0.2, 0.25) is 0 Å². The van der Waals surface area contributed by atoms with Crippen molar-refractivity contribution in [2.45, 2.75) is 13.5 Å². The number of barbiturate groups is 1. The summed E-state index contributed by atoms with van der Waals surface area (Å²) in [7, 11) is 1.51. The Morgan fingerprint density at radius 2 is 1.80 bits per heavy atom. The second-order valence-corrected chi connectivity index (χ2v) is 9.30. The molecule has 1 fully saturated rings. The third-order valence-corrected chi connectivity index (χ3v) is 6.34. The van der Waals surface area contributed by atoms with E-state index in [1.165, 1.54) is 19.3 Å². The first-order chi connectivity index (χ1) is 16.8. The predicted octanol–water partition coefficient (Wildman–Crippen LogP) is 5.51. The van der Waals surface area contributed by atoms with Crippen LogP contribution in [-0.2, 0) is 16.2 Å². The molecular formula is C26H20ClIN2O5. The molecule has 178 valence electrons. The number of hydrogen-bond acceptors (Lipinski definition) is 5. The number of benzene rings is 3. The lowest BCUT2D eigenvalue weighted by molar-refractivity contribution is -0.122. The van der Waals surface area contributed by atoms with Gasteiger partial charge in [0.1, 0.15) is 12.2 Å². The number of imide groups is 2. The van der Waals surface area contributed by atoms with E-state index in [2.05, 4.69) is 27.9 Å². The van der Waals surface area contributed by atoms with E-state index in [0.717, 1.165) is 14.0 Å². The van der Waals surface area contributed by atoms with Crippen LogP contribution in [0.3, 0.4) is 0 Å². The van der Waals surface area contributed by atoms with Gasteiger partial charge in [-0.15, -0.1) is 0 Å². The Morgan fingerprint density at radius 3 is 2.51 bits per heavy atom. The number of halogens is 2. The van der Waals surface area contributed by atoms with Gasteiger partial charge in [-0.05, 0) is 76.5 Å². The zero-order valence-electron chi connectivity index (χ0n) is 18.8. The topological polar surface area (TPSA) is 84.9 Å². The zero-order valence-corrected chi connectivity index (χ0v) is 21.7. The molecule has 0 bridgehead atoms. The number of rotatable bonds is 6. The number of anilines is 1. The number of carbonyl (C=O) groups excluding carboxylic acids is 3. The average Bonchev–Trinajstić information content (AvgIpc) is 2.83. The quantitative estimate of drug-likeness (QED) is 0.229. The van der Waals surface area contributed by atoms with E-state index in [9.17, 15) is 14.4 Å². The largest absolute Gasteiger partial charge is 0.493 e. The third-order valence-electron chi connectivity index (χ3n) is 5.30. The second kappa shape index (κ2) is 10.5. The molecule has 1 aliphatic rings. The molecular weight excluding hydrogens is 583 g/mol. The molecule has 4 rings (SSSR count). The molecule has 1 aliphatic heterocycles. The van der Waals surface area contributed by atoms with Gasteiger partial charge in [-0.25, -0.2) is 9.69 Å². The van der Waals surface area contributed by atoms with Gasteiger partial charge < -0.3 is 9.47 Å². The number of amides is 4. The molecule has 0 unspecified atom stereocenters. The number of nitrogens with one attached hydrogen (secondary N) is 1. The molecule has 0 radical (unpaired) electrons. The van der Waals surface area contributed by atoms with E-state index in [-0.39, 0.29) is 5.57 Å². The van der Waals surface area contributed by atoms with Crippen LogP contribution < -0.4 is 19.7 Å². The van der Waals surface area contributed by atoms with Gasteiger partial charge >= 0.3 is 6.03 Å². The van der Waals surface area contributed by atoms with Crippen LogP contribution in [-0.4, -0.2) is 25.0 Å². The zero-order chi connectivity index (χ0) is 25.1. The first-order valence-corrected chi connectivity index (χ1v) is 12.0. The van der Waals surface area contributed by atoms with E-state index in [1.54, 1.807) is 31.2 Å². The van der Waals surface area contributed by atoms with E-state index in [1.807, 2.05) is 30.3 Å². The van der Waals surface area contributed by atoms with Crippen LogP contribution >= 0.6 is 34.2 Å². The van der Waals surface area contributed by atoms with E-state index < -0.39 is 17.8 Å². The summed E-state index contributed by atoms with van der Waals surface area (Å²) < 4.78 is 12.2. The summed E-state index contributed by atoms with van der Waals surface area (Å²) in [5.41, 5.74) is 2.30. The molecule has 1 heterocycles. The van der Waals surface area contributed by atoms with Gasteiger partial charge in [-0.3, -0.25) is 14.9 Å². The molecule has 0 spiro atoms. The normalized spacial score (nSPS) is 14.8. The van der Waals surface area contributed by atoms with Crippen LogP contribution in [0.1, 0.15) is 16.7 Å². The Balaban J connectivity index is 1.67. The molecule has 3 aromatic rings. The Bertz CT molecular complexity index is 1360. The summed E-state index contributed by atoms with van der Waals surface area (Å²) >= 11 is 8.19. The number of hydrogen-bond donors (Lipinski definition) is 1. The maximum absolute atomic E-state index is 13.3. The first kappa shape index (κ1) is 24.7. The number of methoxy groups -OCH3 is 1. The maximum Gasteiger partial charge on any atom is 0.335 e. The van der Waals surface area contributed by atoms with E-state index >= 15 is 0 Å². The molecule has 1 saturated heterocycles. The summed E-state index contributed by atoms with van der Waals surface area (Å²) in [4.78, 5) is 39.3. The molecule has 9 heteroatoms. The molecule has 1 N–H and O–H groups in total. The van der Waals surface area contributed by atoms with Gasteiger partial charge in [0.25, 0.3) is 11.8 Å². The van der Waals surface area contributed by atoms with Crippen LogP contribution in [0, 0.1) is 10.5 Å². The highest BCUT2D eigenvalue weighted by molar-refractivity contribution is 14.1. The standard InChI is InChI=1S/C26H20ClIN2O5/c1-15-8-9-18(27)13-21(15)30-25(32)19(24(31)29-26(30)33)10-17-11-20(28)23(22(12-17)34-2)35-14-16-6-4-3-5-7-16/h3-13H,14H2,1-2H3,(H,29,31,33)/b19-10+. The molecule has 0 saturated carbocycles. The summed E-state index contributed by atoms with van der Waals surface area (Å²) in [5, 5.41) is 2.59. The predicted molar refractivity (Wildman–Crippen MR) is 142 cm³/mol. The minimum atomic E-state index is -0.834. The van der Waals surface area contributed by atoms with Crippen molar-refractivity contribution in [3.05, 3.63) is 91.5 Å². The van der Waals surface area contributed by atoms with Crippen LogP contribution in [0.15, 0.2) is 66.2 Å². The number of carbonyl (C=O) groups is 3. The number of aryl methyl sites for hydroxylation is 1. The average molecular weight is 603 g/mol. The third kappa shape index (κ3) is 5.33. The molecule has 0 aromatic heterocycles. The lowest BCUT2D eigenvalue weighted by Crippen LogP contribution is -2.54. The van der Waals surface area contributed by atoms with E-state index in [0.29, 0.717) is 39.9 Å². The summed E-state index contributed by atoms with van der Waals surface area (Å²) in [6.45, 7) is 2.10. The van der Waals surface area contributed by atoms with Crippen molar-refractivity contribution < 1.29 is 23.9 Å². The van der Waals surface area contributed by atoms with E-state index in [4.69, 9.17) is 21.1 Å². The van der Waals surface area contributed by atoms with Crippen molar-refractivity contribution in [2.24, 2.45) is 0 Å². The SMILES string of the molecule is COc1cc(/C=C2\C(=O)NC(=O)N(c3cc(Cl)ccc3C)C2=O)cc(I)c1OCc1ccccc1. The Kier molecular flexibility index (Phi) is 7.42. The highest BCUT2D eigenvalue weighted by atomic mass is 127. The van der Waals surface area contributed by atoms with Crippen molar-refractivity contribution >= 4 is 63.8 Å². The van der Waals surface area contributed by atoms with Gasteiger partial charge in [0.15, 0.2) is 11.5 Å². The maximum atomic E-state index is 13.3. The number of ether oxygens (including phenoxy) is 2. The van der Waals surface area contributed by atoms with Crippen LogP contribution in [0.25, 0.3) is 6.08 Å². The minimum Gasteiger partial charge on any atom is -0.493 e. The fraction of sp³-hybridized carbons (Fsp3) is 0.115. The first-order valence-electron chi connectivity index (χ1n) is 10.5. The van der Waals surface area contributed by atoms with Gasteiger partial charge in [-0.1, -0.05) is 48.0 Å². The van der Waals surface area contributed by atoms with Gasteiger partial charge in [0, 0.05) is 5.02 Å². The van der Waals surface area contributed by atoms with Crippen LogP contribution in [0.2, 0.25) is 5.02 Å². The van der Waals surface area contributed by atoms with Crippen molar-refractivity contribution in [3.8, 4) is 11.5 Å². The smallest absolute Gasteiger partial charge is 0.335 e. The Labute approximate surface area is 220 Å². The molecule has 0 atom stereocenters. The Hall–Kier alpha value is -3.37. The van der Waals surface area contributed by atoms with Crippen LogP contribution in [0.4, 0.5) is 10.5 Å². The lowest BCUT2D eigenvalue weighted by atomic mass is 10.1. The monoisotopic (exact) mass is 602 g/mol. The molecule has 35 heavy (non-hydrogen) atoms. The molecule has 3 aromatic carbocycles. The Morgan fingerprint density at radius 1 is 1.06 bits per heavy atom. The fourth-order valence-corrected chi connectivity index (χ4v) is 4.51. The number of nitrogens with zero attached hydrogens (tertiary/aromatic N) is 1. The molecule has 0 aliphatic carbocycles. The summed E-state index contributed by atoms with van der Waals surface area (Å²) in [5.74, 6) is -0.538. The van der Waals surface area contributed by atoms with Crippen LogP contribution in [0.5, 0.6) is 11.5 Å². The number of urea groups is 1. The fourth-order valence-electron chi connectivity index (χ4n) is 3.56. The molecule has 4 amide bonds. The van der Waals surface area contributed by atoms with Crippen molar-refractivity contribution in [3.63, 3.8) is 0 Å². The van der Waals surface area contributed by atoms with Crippen molar-refractivity contribution in [1.82, 2.24) is 5.32 Å². The van der Waals surface area contributed by atoms with Gasteiger partial charge in [-0.2, -0.15) is 0 Å². The van der Waals surface area contributed by atoms with Crippen molar-refractivity contribution in [1.29, 1.82) is 0 Å². The summed E-state index contributed by atoms with van der Waals surface area (Å²) in [6, 6.07) is 17.2. The minimum absolute atomic E-state index is 0.195. The van der Waals surface area contributed by atoms with Gasteiger partial charge in [0.05, 0.1) is 16.4 Å². The molecule has 7 nitrogen and oxygen atoms in total. The van der Waals surface area contributed by atoms with Crippen molar-refractivity contribution in [2.75, 3.05) is 12.0 Å². The lowest BCUT2D eigenvalue weighted by Gasteiger charge is -2.27. The highest BCUT2D eigenvalue weighted by Crippen LogP contribution is 2.36. The second-order valence-electron chi connectivity index (χ2n) is 7.70.